The van der Waals surface area contributed by atoms with Crippen molar-refractivity contribution >= 4 is 17.7 Å². The predicted octanol–water partition coefficient (Wildman–Crippen LogP) is 3.46. The van der Waals surface area contributed by atoms with Gasteiger partial charge in [0.05, 0.1) is 11.3 Å². The highest BCUT2D eigenvalue weighted by Gasteiger charge is 2.39. The number of rotatable bonds is 7. The lowest BCUT2D eigenvalue weighted by atomic mass is 9.72. The maximum Gasteiger partial charge on any atom is 0.231 e. The summed E-state index contributed by atoms with van der Waals surface area (Å²) in [6.45, 7) is 2.97. The van der Waals surface area contributed by atoms with Crippen LogP contribution >= 0.6 is 11.8 Å². The van der Waals surface area contributed by atoms with E-state index in [0.29, 0.717) is 11.7 Å². The lowest BCUT2D eigenvalue weighted by molar-refractivity contribution is -0.121. The second-order valence-electron chi connectivity index (χ2n) is 7.00. The third-order valence-electron chi connectivity index (χ3n) is 5.25. The molecule has 2 aromatic rings. The molecule has 25 heavy (non-hydrogen) atoms. The molecule has 2 aliphatic carbocycles. The highest BCUT2D eigenvalue weighted by Crippen LogP contribution is 2.42. The molecule has 1 aromatic heterocycles. The monoisotopic (exact) mass is 356 g/mol. The molecule has 4 rings (SSSR count). The summed E-state index contributed by atoms with van der Waals surface area (Å²) in [6, 6.07) is 10.3. The lowest BCUT2D eigenvalue weighted by Gasteiger charge is -2.43. The fourth-order valence-corrected chi connectivity index (χ4v) is 4.36. The van der Waals surface area contributed by atoms with Gasteiger partial charge in [0.2, 0.25) is 5.91 Å². The lowest BCUT2D eigenvalue weighted by Crippen LogP contribution is -2.51. The van der Waals surface area contributed by atoms with Crippen LogP contribution in [0, 0.1) is 0 Å². The van der Waals surface area contributed by atoms with Crippen molar-refractivity contribution in [1.82, 2.24) is 20.1 Å². The van der Waals surface area contributed by atoms with Gasteiger partial charge in [-0.25, -0.2) is 0 Å². The van der Waals surface area contributed by atoms with Gasteiger partial charge in [-0.1, -0.05) is 42.1 Å². The Morgan fingerprint density at radius 1 is 1.28 bits per heavy atom. The van der Waals surface area contributed by atoms with E-state index in [2.05, 4.69) is 39.1 Å². The summed E-state index contributed by atoms with van der Waals surface area (Å²) in [6.07, 6.45) is 5.62. The quantitative estimate of drug-likeness (QED) is 0.772. The van der Waals surface area contributed by atoms with E-state index in [1.54, 1.807) is 0 Å². The van der Waals surface area contributed by atoms with E-state index >= 15 is 0 Å². The summed E-state index contributed by atoms with van der Waals surface area (Å²) in [5.41, 5.74) is 1.05. The molecule has 2 saturated carbocycles. The van der Waals surface area contributed by atoms with E-state index in [9.17, 15) is 4.79 Å². The molecule has 0 radical (unpaired) electrons. The summed E-state index contributed by atoms with van der Waals surface area (Å²) in [5.74, 6) is 2.13. The average molecular weight is 356 g/mol. The molecule has 2 aliphatic rings. The molecule has 2 fully saturated rings. The molecular weight excluding hydrogens is 332 g/mol. The van der Waals surface area contributed by atoms with Crippen molar-refractivity contribution in [3.63, 3.8) is 0 Å². The highest BCUT2D eigenvalue weighted by atomic mass is 32.2. The number of aromatic nitrogens is 3. The summed E-state index contributed by atoms with van der Waals surface area (Å²) >= 11 is 1.49. The molecule has 1 N–H and O–H groups in total. The van der Waals surface area contributed by atoms with Crippen LogP contribution in [-0.4, -0.2) is 26.4 Å². The molecule has 132 valence electrons. The van der Waals surface area contributed by atoms with Gasteiger partial charge >= 0.3 is 0 Å². The smallest absolute Gasteiger partial charge is 0.231 e. The summed E-state index contributed by atoms with van der Waals surface area (Å²) < 4.78 is 2.16. The van der Waals surface area contributed by atoms with Crippen LogP contribution < -0.4 is 5.32 Å². The zero-order valence-electron chi connectivity index (χ0n) is 14.6. The number of benzene rings is 1. The number of carbonyl (C=O) groups is 1. The first-order valence-corrected chi connectivity index (χ1v) is 10.1. The molecule has 0 aliphatic heterocycles. The van der Waals surface area contributed by atoms with Crippen LogP contribution in [0.2, 0.25) is 0 Å². The third kappa shape index (κ3) is 3.32. The maximum atomic E-state index is 12.6. The number of nitrogens with zero attached hydrogens (tertiary/aromatic N) is 3. The molecule has 1 amide bonds. The Morgan fingerprint density at radius 3 is 2.64 bits per heavy atom. The molecule has 0 bridgehead atoms. The first-order chi connectivity index (χ1) is 12.2. The standard InChI is InChI=1S/C19H24N4OS/c1-2-23-17(14-9-10-14)21-22-18(23)25-13-16(24)20-19(11-6-12-19)15-7-4-3-5-8-15/h3-5,7-8,14H,2,6,9-13H2,1H3,(H,20,24). The maximum absolute atomic E-state index is 12.6. The minimum Gasteiger partial charge on any atom is -0.346 e. The van der Waals surface area contributed by atoms with Crippen molar-refractivity contribution in [2.45, 2.75) is 62.2 Å². The van der Waals surface area contributed by atoms with Crippen LogP contribution in [0.15, 0.2) is 35.5 Å². The van der Waals surface area contributed by atoms with Gasteiger partial charge in [0.1, 0.15) is 5.82 Å². The number of hydrogen-bond donors (Lipinski definition) is 1. The van der Waals surface area contributed by atoms with Crippen molar-refractivity contribution in [3.05, 3.63) is 41.7 Å². The fourth-order valence-electron chi connectivity index (χ4n) is 3.55. The first kappa shape index (κ1) is 16.6. The molecule has 0 unspecified atom stereocenters. The molecule has 6 heteroatoms. The van der Waals surface area contributed by atoms with Crippen LogP contribution in [0.3, 0.4) is 0 Å². The van der Waals surface area contributed by atoms with E-state index < -0.39 is 0 Å². The Labute approximate surface area is 152 Å². The van der Waals surface area contributed by atoms with Crippen molar-refractivity contribution in [3.8, 4) is 0 Å². The molecule has 1 heterocycles. The minimum atomic E-state index is -0.170. The van der Waals surface area contributed by atoms with Crippen molar-refractivity contribution < 1.29 is 4.79 Å². The van der Waals surface area contributed by atoms with Crippen LogP contribution in [-0.2, 0) is 16.9 Å². The number of hydrogen-bond acceptors (Lipinski definition) is 4. The number of amides is 1. The highest BCUT2D eigenvalue weighted by molar-refractivity contribution is 7.99. The predicted molar refractivity (Wildman–Crippen MR) is 98.5 cm³/mol. The second kappa shape index (κ2) is 6.83. The van der Waals surface area contributed by atoms with Crippen molar-refractivity contribution in [2.75, 3.05) is 5.75 Å². The first-order valence-electron chi connectivity index (χ1n) is 9.14. The molecule has 5 nitrogen and oxygen atoms in total. The van der Waals surface area contributed by atoms with Crippen LogP contribution in [0.4, 0.5) is 0 Å². The summed E-state index contributed by atoms with van der Waals surface area (Å²) in [4.78, 5) is 12.6. The Hall–Kier alpha value is -1.82. The Balaban J connectivity index is 1.39. The summed E-state index contributed by atoms with van der Waals surface area (Å²) in [7, 11) is 0. The second-order valence-corrected chi connectivity index (χ2v) is 7.94. The van der Waals surface area contributed by atoms with Gasteiger partial charge in [-0.15, -0.1) is 10.2 Å². The van der Waals surface area contributed by atoms with E-state index in [1.165, 1.54) is 30.2 Å². The largest absolute Gasteiger partial charge is 0.346 e. The van der Waals surface area contributed by atoms with E-state index in [4.69, 9.17) is 0 Å². The van der Waals surface area contributed by atoms with Crippen LogP contribution in [0.25, 0.3) is 0 Å². The minimum absolute atomic E-state index is 0.0761. The Morgan fingerprint density at radius 2 is 2.04 bits per heavy atom. The van der Waals surface area contributed by atoms with Crippen molar-refractivity contribution in [2.24, 2.45) is 0 Å². The zero-order valence-corrected chi connectivity index (χ0v) is 15.4. The number of carbonyl (C=O) groups excluding carboxylic acids is 1. The Bertz CT molecular complexity index is 750. The third-order valence-corrected chi connectivity index (χ3v) is 6.22. The Kier molecular flexibility index (Phi) is 4.54. The molecular formula is C19H24N4OS. The normalized spacial score (nSPS) is 18.6. The van der Waals surface area contributed by atoms with Gasteiger partial charge in [-0.05, 0) is 44.6 Å². The number of thioether (sulfide) groups is 1. The van der Waals surface area contributed by atoms with Gasteiger partial charge in [-0.2, -0.15) is 0 Å². The van der Waals surface area contributed by atoms with E-state index in [1.807, 2.05) is 18.2 Å². The zero-order chi connectivity index (χ0) is 17.3. The van der Waals surface area contributed by atoms with Gasteiger partial charge in [-0.3, -0.25) is 4.79 Å². The molecule has 0 saturated heterocycles. The fraction of sp³-hybridized carbons (Fsp3) is 0.526. The van der Waals surface area contributed by atoms with Gasteiger partial charge in [0.25, 0.3) is 0 Å². The summed E-state index contributed by atoms with van der Waals surface area (Å²) in [5, 5.41) is 12.8. The molecule has 1 aromatic carbocycles. The van der Waals surface area contributed by atoms with E-state index in [0.717, 1.165) is 36.8 Å². The molecule has 0 atom stereocenters. The van der Waals surface area contributed by atoms with Crippen molar-refractivity contribution in [1.29, 1.82) is 0 Å². The SMILES string of the molecule is CCn1c(SCC(=O)NC2(c3ccccc3)CCC2)nnc1C1CC1. The van der Waals surface area contributed by atoms with Crippen LogP contribution in [0.5, 0.6) is 0 Å². The van der Waals surface area contributed by atoms with Gasteiger partial charge in [0.15, 0.2) is 5.16 Å². The average Bonchev–Trinajstić information content (AvgIpc) is 3.37. The van der Waals surface area contributed by atoms with Gasteiger partial charge in [0, 0.05) is 12.5 Å². The number of nitrogens with one attached hydrogen (secondary N) is 1. The molecule has 0 spiro atoms. The topological polar surface area (TPSA) is 59.8 Å². The van der Waals surface area contributed by atoms with E-state index in [-0.39, 0.29) is 11.4 Å². The van der Waals surface area contributed by atoms with Crippen LogP contribution in [0.1, 0.15) is 56.3 Å². The van der Waals surface area contributed by atoms with Gasteiger partial charge < -0.3 is 9.88 Å².